The number of hydrogen-bond donors (Lipinski definition) is 1. The molecule has 220 valence electrons. The highest BCUT2D eigenvalue weighted by molar-refractivity contribution is 5.84. The smallest absolute Gasteiger partial charge is 0.339 e. The Morgan fingerprint density at radius 1 is 0.902 bits per heavy atom. The van der Waals surface area contributed by atoms with Gasteiger partial charge in [0.05, 0.1) is 36.4 Å². The lowest BCUT2D eigenvalue weighted by atomic mass is 9.50. The Kier molecular flexibility index (Phi) is 4.55. The van der Waals surface area contributed by atoms with Gasteiger partial charge >= 0.3 is 17.9 Å². The fourth-order valence-electron chi connectivity index (χ4n) is 9.44. The first-order valence-electron chi connectivity index (χ1n) is 14.5. The Hall–Kier alpha value is -2.35. The predicted molar refractivity (Wildman–Crippen MR) is 131 cm³/mol. The first-order valence-corrected chi connectivity index (χ1v) is 14.5. The van der Waals surface area contributed by atoms with Crippen LogP contribution in [0.5, 0.6) is 0 Å². The minimum absolute atomic E-state index is 0.00474. The molecule has 0 amide bonds. The number of aliphatic hydroxyl groups is 1. The van der Waals surface area contributed by atoms with E-state index in [0.717, 1.165) is 6.42 Å². The summed E-state index contributed by atoms with van der Waals surface area (Å²) < 4.78 is 48.8. The average molecular weight is 573 g/mol. The molecule has 2 saturated carbocycles. The lowest BCUT2D eigenvalue weighted by Gasteiger charge is -2.58. The maximum Gasteiger partial charge on any atom is 0.339 e. The van der Waals surface area contributed by atoms with Crippen LogP contribution in [0.15, 0.2) is 24.3 Å². The molecule has 9 rings (SSSR count). The van der Waals surface area contributed by atoms with Crippen LogP contribution in [0.1, 0.15) is 39.5 Å². The number of carbonyl (C=O) groups is 3. The fourth-order valence-corrected chi connectivity index (χ4v) is 9.44. The first-order chi connectivity index (χ1) is 19.6. The van der Waals surface area contributed by atoms with E-state index < -0.39 is 70.0 Å². The van der Waals surface area contributed by atoms with E-state index in [1.807, 2.05) is 0 Å². The van der Waals surface area contributed by atoms with Gasteiger partial charge in [-0.25, -0.2) is 14.4 Å². The minimum atomic E-state index is -1.63. The van der Waals surface area contributed by atoms with Gasteiger partial charge in [0.25, 0.3) is 0 Å². The summed E-state index contributed by atoms with van der Waals surface area (Å²) >= 11 is 0. The molecule has 1 unspecified atom stereocenters. The molecule has 0 radical (unpaired) electrons. The van der Waals surface area contributed by atoms with E-state index in [1.54, 1.807) is 0 Å². The number of hydrogen-bond acceptors (Lipinski definition) is 12. The predicted octanol–water partition coefficient (Wildman–Crippen LogP) is 0.0345. The second-order valence-electron chi connectivity index (χ2n) is 13.5. The lowest BCUT2D eigenvalue weighted by molar-refractivity contribution is -0.251. The zero-order valence-corrected chi connectivity index (χ0v) is 22.7. The van der Waals surface area contributed by atoms with Crippen molar-refractivity contribution in [3.63, 3.8) is 0 Å². The number of aliphatic hydroxyl groups excluding tert-OH is 1. The lowest BCUT2D eigenvalue weighted by Crippen LogP contribution is -2.69. The van der Waals surface area contributed by atoms with Gasteiger partial charge in [0.2, 0.25) is 0 Å². The highest BCUT2D eigenvalue weighted by Crippen LogP contribution is 2.75. The normalized spacial score (nSPS) is 60.9. The van der Waals surface area contributed by atoms with Crippen LogP contribution in [0, 0.1) is 10.8 Å². The Balaban J connectivity index is 1.14. The summed E-state index contributed by atoms with van der Waals surface area (Å²) in [7, 11) is 0. The Morgan fingerprint density at radius 3 is 2.54 bits per heavy atom. The highest BCUT2D eigenvalue weighted by atomic mass is 16.7. The van der Waals surface area contributed by atoms with Crippen LogP contribution < -0.4 is 0 Å². The van der Waals surface area contributed by atoms with Crippen LogP contribution in [0.2, 0.25) is 0 Å². The monoisotopic (exact) mass is 572 g/mol. The topological polar surface area (TPSA) is 155 Å². The van der Waals surface area contributed by atoms with Crippen LogP contribution in [0.3, 0.4) is 0 Å². The molecule has 1 N–H and O–H groups in total. The van der Waals surface area contributed by atoms with E-state index in [2.05, 4.69) is 13.8 Å². The van der Waals surface area contributed by atoms with Crippen LogP contribution >= 0.6 is 0 Å². The molecular formula is C29H32O12. The van der Waals surface area contributed by atoms with Gasteiger partial charge in [-0.2, -0.15) is 0 Å². The van der Waals surface area contributed by atoms with E-state index in [1.165, 1.54) is 24.3 Å². The number of allylic oxidation sites excluding steroid dienone is 2. The number of fused-ring (bicyclic) bond motifs is 2. The van der Waals surface area contributed by atoms with Crippen molar-refractivity contribution < 1.29 is 57.4 Å². The number of ether oxygens (including phenoxy) is 8. The molecular weight excluding hydrogens is 540 g/mol. The molecule has 9 aliphatic rings. The van der Waals surface area contributed by atoms with E-state index in [9.17, 15) is 19.5 Å². The number of esters is 3. The molecule has 3 spiro atoms. The van der Waals surface area contributed by atoms with Crippen molar-refractivity contribution in [3.05, 3.63) is 24.3 Å². The summed E-state index contributed by atoms with van der Waals surface area (Å²) in [5.74, 6) is -2.01. The standard InChI is InChI=1S/C29H32O12/c1-24-7-8-26-12-34-22(33)20-28(41-20)9-10-35-27(17(31)21(32)39-23(27)28)6-4-3-5-16(30)37-14-11-15(38-19(26)18(24)40-24)29(13-36-29)25(14,26)2/h3-6,14-15,17-20,23,31H,7-13H2,1-2H3/b5-3+,6-4+/t14-,15-,17+,18-,19+,20-,23-,24-,25+,26+,27?,28-,29-/m1/s1. The van der Waals surface area contributed by atoms with Crippen molar-refractivity contribution in [2.75, 3.05) is 19.8 Å². The highest BCUT2D eigenvalue weighted by Gasteiger charge is 2.87. The summed E-state index contributed by atoms with van der Waals surface area (Å²) in [6.45, 7) is 4.74. The van der Waals surface area contributed by atoms with Crippen LogP contribution in [0.4, 0.5) is 0 Å². The zero-order valence-electron chi connectivity index (χ0n) is 22.7. The Bertz CT molecular complexity index is 1340. The van der Waals surface area contributed by atoms with E-state index >= 15 is 0 Å². The van der Waals surface area contributed by atoms with Crippen molar-refractivity contribution in [2.24, 2.45) is 10.8 Å². The second-order valence-corrected chi connectivity index (χ2v) is 13.5. The number of epoxide rings is 3. The summed E-state index contributed by atoms with van der Waals surface area (Å²) in [6, 6.07) is 0. The van der Waals surface area contributed by atoms with Gasteiger partial charge in [0, 0.05) is 24.3 Å². The van der Waals surface area contributed by atoms with E-state index in [0.29, 0.717) is 19.4 Å². The third kappa shape index (κ3) is 2.76. The molecule has 6 saturated heterocycles. The summed E-state index contributed by atoms with van der Waals surface area (Å²) in [5.41, 5.74) is -5.19. The molecule has 12 nitrogen and oxygen atoms in total. The van der Waals surface area contributed by atoms with Crippen molar-refractivity contribution >= 4 is 17.9 Å². The van der Waals surface area contributed by atoms with Crippen molar-refractivity contribution in [3.8, 4) is 0 Å². The summed E-state index contributed by atoms with van der Waals surface area (Å²) in [6.07, 6.45) is 2.77. The molecule has 13 atom stereocenters. The SMILES string of the molecule is C[C@]12[C@H]3C[C@@H](O[C@H]4[C@H]5O[C@]5(C)CC[C@]41COC(=O)[C@H]1O[C@]14CCOC1(/C=C/C=C/C(=O)O3)[C@H]4OC(=O)[C@@H]1O)[C@]21CO1. The summed E-state index contributed by atoms with van der Waals surface area (Å²) in [4.78, 5) is 39.4. The zero-order chi connectivity index (χ0) is 28.2. The van der Waals surface area contributed by atoms with E-state index in [-0.39, 0.29) is 43.5 Å². The maximum atomic E-state index is 13.7. The van der Waals surface area contributed by atoms with Crippen LogP contribution in [0.25, 0.3) is 0 Å². The maximum absolute atomic E-state index is 13.7. The number of cyclic esters (lactones) is 1. The van der Waals surface area contributed by atoms with Gasteiger partial charge in [-0.3, -0.25) is 0 Å². The molecule has 0 aromatic heterocycles. The van der Waals surface area contributed by atoms with E-state index in [4.69, 9.17) is 37.9 Å². The third-order valence-electron chi connectivity index (χ3n) is 12.1. The Labute approximate surface area is 235 Å². The largest absolute Gasteiger partial charge is 0.463 e. The van der Waals surface area contributed by atoms with Gasteiger partial charge in [0.1, 0.15) is 30.0 Å². The number of rotatable bonds is 0. The van der Waals surface area contributed by atoms with Crippen molar-refractivity contribution in [2.45, 2.75) is 105 Å². The fraction of sp³-hybridized carbons (Fsp3) is 0.759. The average Bonchev–Trinajstić information content (AvgIpc) is 3.86. The van der Waals surface area contributed by atoms with Crippen LogP contribution in [-0.4, -0.2) is 108 Å². The minimum Gasteiger partial charge on any atom is -0.463 e. The molecule has 12 heteroatoms. The van der Waals surface area contributed by atoms with Crippen molar-refractivity contribution in [1.82, 2.24) is 0 Å². The molecule has 41 heavy (non-hydrogen) atoms. The molecule has 4 bridgehead atoms. The Morgan fingerprint density at radius 2 is 1.73 bits per heavy atom. The molecule has 0 aromatic carbocycles. The quantitative estimate of drug-likeness (QED) is 0.237. The molecule has 8 fully saturated rings. The van der Waals surface area contributed by atoms with Gasteiger partial charge < -0.3 is 43.0 Å². The van der Waals surface area contributed by atoms with Gasteiger partial charge in [-0.05, 0) is 25.8 Å². The van der Waals surface area contributed by atoms with Crippen LogP contribution in [-0.2, 0) is 52.3 Å². The molecule has 0 aromatic rings. The van der Waals surface area contributed by atoms with Gasteiger partial charge in [0.15, 0.2) is 23.9 Å². The third-order valence-corrected chi connectivity index (χ3v) is 12.1. The van der Waals surface area contributed by atoms with Crippen molar-refractivity contribution in [1.29, 1.82) is 0 Å². The van der Waals surface area contributed by atoms with Gasteiger partial charge in [-0.15, -0.1) is 0 Å². The number of carbonyl (C=O) groups excluding carboxylic acids is 3. The molecule has 7 heterocycles. The second kappa shape index (κ2) is 7.40. The molecule has 2 aliphatic carbocycles. The first kappa shape index (κ1) is 25.2. The molecule has 7 aliphatic heterocycles. The summed E-state index contributed by atoms with van der Waals surface area (Å²) in [5, 5.41) is 10.8. The van der Waals surface area contributed by atoms with Gasteiger partial charge in [-0.1, -0.05) is 19.1 Å².